The van der Waals surface area contributed by atoms with Crippen molar-refractivity contribution >= 4 is 7.60 Å². The summed E-state index contributed by atoms with van der Waals surface area (Å²) >= 11 is 0. The molecule has 1 unspecified atom stereocenters. The molecule has 0 aliphatic rings. The Morgan fingerprint density at radius 2 is 1.23 bits per heavy atom. The average Bonchev–Trinajstić information content (AvgIpc) is 2.55. The standard InChI is InChI=1S/C20H44NO4P/c1-5-6-7-8-9-10-11-12-13-14-15-16-18-25-26(22,23)20-24-19-17-21(2,3)4/h5-20H2,1-4H3/p+1. The van der Waals surface area contributed by atoms with Crippen LogP contribution >= 0.6 is 7.60 Å². The molecule has 0 amide bonds. The minimum atomic E-state index is -3.59. The minimum absolute atomic E-state index is 0.203. The lowest BCUT2D eigenvalue weighted by Gasteiger charge is -2.23. The van der Waals surface area contributed by atoms with Crippen LogP contribution in [-0.2, 0) is 13.8 Å². The van der Waals surface area contributed by atoms with Crippen LogP contribution in [0.15, 0.2) is 0 Å². The molecule has 0 spiro atoms. The highest BCUT2D eigenvalue weighted by Gasteiger charge is 2.19. The quantitative estimate of drug-likeness (QED) is 0.177. The van der Waals surface area contributed by atoms with Gasteiger partial charge < -0.3 is 18.6 Å². The van der Waals surface area contributed by atoms with Crippen molar-refractivity contribution in [1.29, 1.82) is 0 Å². The van der Waals surface area contributed by atoms with Gasteiger partial charge in [0, 0.05) is 0 Å². The molecule has 0 radical (unpaired) electrons. The summed E-state index contributed by atoms with van der Waals surface area (Å²) in [4.78, 5) is 9.72. The molecular weight excluding hydrogens is 349 g/mol. The van der Waals surface area contributed by atoms with E-state index in [0.717, 1.165) is 23.9 Å². The van der Waals surface area contributed by atoms with E-state index in [9.17, 15) is 9.46 Å². The normalized spacial score (nSPS) is 14.5. The third-order valence-corrected chi connectivity index (χ3v) is 5.55. The summed E-state index contributed by atoms with van der Waals surface area (Å²) in [5, 5.41) is 0. The van der Waals surface area contributed by atoms with Gasteiger partial charge in [-0.1, -0.05) is 77.6 Å². The molecule has 0 saturated carbocycles. The third-order valence-electron chi connectivity index (χ3n) is 4.45. The first kappa shape index (κ1) is 26.1. The van der Waals surface area contributed by atoms with Crippen molar-refractivity contribution in [3.05, 3.63) is 0 Å². The van der Waals surface area contributed by atoms with Crippen LogP contribution in [0, 0.1) is 0 Å². The number of hydrogen-bond acceptors (Lipinski definition) is 3. The predicted molar refractivity (Wildman–Crippen MR) is 111 cm³/mol. The first-order valence-electron chi connectivity index (χ1n) is 10.6. The van der Waals surface area contributed by atoms with Gasteiger partial charge >= 0.3 is 7.60 Å². The monoisotopic (exact) mass is 394 g/mol. The van der Waals surface area contributed by atoms with E-state index in [1.54, 1.807) is 0 Å². The molecule has 5 nitrogen and oxygen atoms in total. The summed E-state index contributed by atoms with van der Waals surface area (Å²) in [6.45, 7) is 3.88. The van der Waals surface area contributed by atoms with Crippen LogP contribution in [0.5, 0.6) is 0 Å². The SMILES string of the molecule is CCCCCCCCCCCCCCOP(=O)(O)COCC[N+](C)(C)C. The first-order valence-corrected chi connectivity index (χ1v) is 12.4. The van der Waals surface area contributed by atoms with Gasteiger partial charge in [0.2, 0.25) is 0 Å². The second kappa shape index (κ2) is 16.1. The molecule has 0 heterocycles. The lowest BCUT2D eigenvalue weighted by Crippen LogP contribution is -2.37. The molecule has 0 bridgehead atoms. The molecule has 1 atom stereocenters. The van der Waals surface area contributed by atoms with E-state index in [1.165, 1.54) is 64.2 Å². The molecule has 0 aromatic carbocycles. The highest BCUT2D eigenvalue weighted by Crippen LogP contribution is 2.41. The summed E-state index contributed by atoms with van der Waals surface area (Å²) < 4.78 is 23.0. The predicted octanol–water partition coefficient (Wildman–Crippen LogP) is 5.57. The van der Waals surface area contributed by atoms with Gasteiger partial charge in [0.1, 0.15) is 12.9 Å². The Labute approximate surface area is 162 Å². The van der Waals surface area contributed by atoms with E-state index in [4.69, 9.17) is 9.26 Å². The summed E-state index contributed by atoms with van der Waals surface area (Å²) in [5.74, 6) is 0. The molecule has 0 fully saturated rings. The van der Waals surface area contributed by atoms with Crippen molar-refractivity contribution < 1.29 is 23.2 Å². The third kappa shape index (κ3) is 20.4. The van der Waals surface area contributed by atoms with Crippen LogP contribution in [0.2, 0.25) is 0 Å². The van der Waals surface area contributed by atoms with E-state index in [-0.39, 0.29) is 6.35 Å². The van der Waals surface area contributed by atoms with E-state index in [0.29, 0.717) is 13.2 Å². The molecule has 0 saturated heterocycles. The Morgan fingerprint density at radius 3 is 1.69 bits per heavy atom. The van der Waals surface area contributed by atoms with Crippen molar-refractivity contribution in [3.8, 4) is 0 Å². The van der Waals surface area contributed by atoms with Gasteiger partial charge in [0.25, 0.3) is 0 Å². The number of rotatable bonds is 19. The molecule has 158 valence electrons. The van der Waals surface area contributed by atoms with Gasteiger partial charge in [0.15, 0.2) is 0 Å². The molecule has 0 aliphatic carbocycles. The molecule has 0 rings (SSSR count). The summed E-state index contributed by atoms with van der Waals surface area (Å²) in [5.41, 5.74) is 0. The van der Waals surface area contributed by atoms with E-state index >= 15 is 0 Å². The first-order chi connectivity index (χ1) is 12.3. The molecular formula is C20H45NO4P+. The van der Waals surface area contributed by atoms with Crippen LogP contribution < -0.4 is 0 Å². The van der Waals surface area contributed by atoms with E-state index in [1.807, 2.05) is 0 Å². The highest BCUT2D eigenvalue weighted by atomic mass is 31.2. The maximum absolute atomic E-state index is 11.8. The number of ether oxygens (including phenoxy) is 1. The topological polar surface area (TPSA) is 55.8 Å². The Hall–Kier alpha value is 0.0700. The zero-order valence-corrected chi connectivity index (χ0v) is 18.8. The highest BCUT2D eigenvalue weighted by molar-refractivity contribution is 7.52. The second-order valence-corrected chi connectivity index (χ2v) is 10.2. The van der Waals surface area contributed by atoms with Crippen LogP contribution in [-0.4, -0.2) is 56.6 Å². The molecule has 0 aromatic heterocycles. The molecule has 0 aliphatic heterocycles. The number of quaternary nitrogens is 1. The number of nitrogens with zero attached hydrogens (tertiary/aromatic N) is 1. The Balaban J connectivity index is 3.36. The minimum Gasteiger partial charge on any atom is -0.363 e. The van der Waals surface area contributed by atoms with Crippen LogP contribution in [0.25, 0.3) is 0 Å². The van der Waals surface area contributed by atoms with Gasteiger partial charge in [-0.25, -0.2) is 0 Å². The largest absolute Gasteiger partial charge is 0.363 e. The number of hydrogen-bond donors (Lipinski definition) is 1. The molecule has 1 N–H and O–H groups in total. The van der Waals surface area contributed by atoms with Crippen molar-refractivity contribution in [3.63, 3.8) is 0 Å². The Kier molecular flexibility index (Phi) is 16.1. The fourth-order valence-corrected chi connectivity index (χ4v) is 3.55. The van der Waals surface area contributed by atoms with Gasteiger partial charge in [0.05, 0.1) is 34.4 Å². The average molecular weight is 395 g/mol. The number of unbranched alkanes of at least 4 members (excludes halogenated alkanes) is 11. The Bertz CT molecular complexity index is 358. The smallest absolute Gasteiger partial charge is 0.353 e. The fraction of sp³-hybridized carbons (Fsp3) is 1.00. The second-order valence-electron chi connectivity index (χ2n) is 8.41. The molecule has 6 heteroatoms. The zero-order valence-electron chi connectivity index (χ0n) is 17.9. The van der Waals surface area contributed by atoms with Crippen molar-refractivity contribution in [2.45, 2.75) is 84.0 Å². The maximum atomic E-state index is 11.8. The fourth-order valence-electron chi connectivity index (χ4n) is 2.71. The molecule has 0 aromatic rings. The zero-order chi connectivity index (χ0) is 19.7. The lowest BCUT2D eigenvalue weighted by molar-refractivity contribution is -0.870. The number of likely N-dealkylation sites (N-methyl/N-ethyl adjacent to an activating group) is 1. The van der Waals surface area contributed by atoms with Crippen molar-refractivity contribution in [2.75, 3.05) is 47.2 Å². The van der Waals surface area contributed by atoms with Crippen LogP contribution in [0.3, 0.4) is 0 Å². The van der Waals surface area contributed by atoms with Gasteiger partial charge in [-0.3, -0.25) is 4.57 Å². The van der Waals surface area contributed by atoms with Crippen LogP contribution in [0.1, 0.15) is 84.0 Å². The maximum Gasteiger partial charge on any atom is 0.353 e. The summed E-state index contributed by atoms with van der Waals surface area (Å²) in [6, 6.07) is 0. The molecule has 26 heavy (non-hydrogen) atoms. The van der Waals surface area contributed by atoms with Gasteiger partial charge in [-0.2, -0.15) is 0 Å². The Morgan fingerprint density at radius 1 is 0.769 bits per heavy atom. The summed E-state index contributed by atoms with van der Waals surface area (Å²) in [6.07, 6.45) is 15.1. The van der Waals surface area contributed by atoms with Crippen LogP contribution in [0.4, 0.5) is 0 Å². The van der Waals surface area contributed by atoms with Crippen molar-refractivity contribution in [1.82, 2.24) is 0 Å². The summed E-state index contributed by atoms with van der Waals surface area (Å²) in [7, 11) is 2.60. The van der Waals surface area contributed by atoms with Gasteiger partial charge in [-0.15, -0.1) is 0 Å². The van der Waals surface area contributed by atoms with E-state index in [2.05, 4.69) is 28.1 Å². The lowest BCUT2D eigenvalue weighted by atomic mass is 10.1. The van der Waals surface area contributed by atoms with Gasteiger partial charge in [-0.05, 0) is 6.42 Å². The van der Waals surface area contributed by atoms with E-state index < -0.39 is 7.60 Å². The van der Waals surface area contributed by atoms with Crippen molar-refractivity contribution in [2.24, 2.45) is 0 Å².